The molecule has 2 heterocycles. The van der Waals surface area contributed by atoms with E-state index in [0.29, 0.717) is 5.69 Å². The van der Waals surface area contributed by atoms with Crippen molar-refractivity contribution in [1.82, 2.24) is 5.43 Å². The molecule has 0 bridgehead atoms. The summed E-state index contributed by atoms with van der Waals surface area (Å²) in [6.45, 7) is 6.59. The normalized spacial score (nSPS) is 24.6. The molecule has 1 atom stereocenters. The molecular weight excluding hydrogens is 488 g/mol. The largest absolute Gasteiger partial charge is 0.416 e. The molecule has 3 N–H and O–H groups in total. The Morgan fingerprint density at radius 3 is 2.43 bits per heavy atom. The molecule has 5 rings (SSSR count). The Morgan fingerprint density at radius 1 is 1.03 bits per heavy atom. The second kappa shape index (κ2) is 8.99. The number of hydrogen-bond acceptors (Lipinski definition) is 2. The lowest BCUT2D eigenvalue weighted by Gasteiger charge is -2.36. The van der Waals surface area contributed by atoms with Crippen LogP contribution in [0, 0.1) is 5.41 Å². The number of fused-ring (bicyclic) bond motifs is 1. The van der Waals surface area contributed by atoms with Gasteiger partial charge >= 0.3 is 6.18 Å². The van der Waals surface area contributed by atoms with Gasteiger partial charge in [0, 0.05) is 12.1 Å². The summed E-state index contributed by atoms with van der Waals surface area (Å²) < 4.78 is 42.5. The number of anilines is 2. The fraction of sp³-hybridized carbons (Fsp3) is 0.385. The first-order chi connectivity index (χ1) is 16.6. The van der Waals surface area contributed by atoms with Gasteiger partial charge < -0.3 is 9.99 Å². The van der Waals surface area contributed by atoms with Gasteiger partial charge in [-0.2, -0.15) is 13.2 Å². The summed E-state index contributed by atoms with van der Waals surface area (Å²) in [5, 5.41) is 4.53. The zero-order valence-corrected chi connectivity index (χ0v) is 21.7. The van der Waals surface area contributed by atoms with Crippen molar-refractivity contribution in [2.75, 3.05) is 23.0 Å². The van der Waals surface area contributed by atoms with E-state index in [2.05, 4.69) is 30.4 Å². The van der Waals surface area contributed by atoms with Gasteiger partial charge in [-0.05, 0) is 66.8 Å². The minimum Gasteiger partial charge on any atom is -0.337 e. The van der Waals surface area contributed by atoms with E-state index in [1.165, 1.54) is 42.0 Å². The van der Waals surface area contributed by atoms with E-state index in [-0.39, 0.29) is 5.41 Å². The molecule has 0 amide bonds. The summed E-state index contributed by atoms with van der Waals surface area (Å²) in [7, 11) is 0. The van der Waals surface area contributed by atoms with E-state index >= 15 is 0 Å². The van der Waals surface area contributed by atoms with Crippen molar-refractivity contribution in [3.8, 4) is 0 Å². The highest BCUT2D eigenvalue weighted by Gasteiger charge is 2.48. The van der Waals surface area contributed by atoms with Crippen LogP contribution in [0.4, 0.5) is 24.5 Å². The van der Waals surface area contributed by atoms with Gasteiger partial charge in [0.25, 0.3) is 0 Å². The number of rotatable bonds is 4. The van der Waals surface area contributed by atoms with Crippen molar-refractivity contribution in [3.63, 3.8) is 0 Å². The van der Waals surface area contributed by atoms with Crippen LogP contribution >= 0.6 is 6.34 Å². The van der Waals surface area contributed by atoms with Gasteiger partial charge in [0.05, 0.1) is 30.0 Å². The van der Waals surface area contributed by atoms with Crippen molar-refractivity contribution in [3.05, 3.63) is 82.9 Å². The summed E-state index contributed by atoms with van der Waals surface area (Å²) in [6, 6.07) is 15.2. The average molecular weight is 520 g/mol. The van der Waals surface area contributed by atoms with Gasteiger partial charge in [0.2, 0.25) is 0 Å². The SMILES string of the molecule is CC1(C)C=C2NN(c3ccccc3)[P@@](=S)(Nc3cccc(C(F)(F)F)c3)C2=C([NH+]2CCCCC2)C1. The zero-order chi connectivity index (χ0) is 24.8. The maximum absolute atomic E-state index is 13.5. The van der Waals surface area contributed by atoms with Crippen LogP contribution in [0.1, 0.15) is 45.1 Å². The molecule has 186 valence electrons. The Labute approximate surface area is 210 Å². The molecule has 9 heteroatoms. The monoisotopic (exact) mass is 519 g/mol. The maximum atomic E-state index is 13.5. The number of para-hydroxylation sites is 1. The van der Waals surface area contributed by atoms with Crippen LogP contribution in [-0.2, 0) is 18.0 Å². The van der Waals surface area contributed by atoms with Crippen LogP contribution in [0.15, 0.2) is 77.4 Å². The fourth-order valence-corrected chi connectivity index (χ4v) is 9.34. The van der Waals surface area contributed by atoms with E-state index in [1.807, 2.05) is 35.1 Å². The molecule has 0 spiro atoms. The Kier molecular flexibility index (Phi) is 6.27. The zero-order valence-electron chi connectivity index (χ0n) is 20.0. The Bertz CT molecular complexity index is 1220. The van der Waals surface area contributed by atoms with Gasteiger partial charge in [-0.1, -0.05) is 44.2 Å². The minimum absolute atomic E-state index is 0.0469. The summed E-state index contributed by atoms with van der Waals surface area (Å²) in [5.74, 6) is 0. The number of piperidine rings is 1. The number of quaternary nitrogens is 1. The van der Waals surface area contributed by atoms with Crippen LogP contribution in [-0.4, -0.2) is 13.1 Å². The molecule has 4 nitrogen and oxygen atoms in total. The number of likely N-dealkylation sites (tertiary alicyclic amines) is 1. The molecule has 1 aliphatic carbocycles. The standard InChI is InChI=1S/C26H30F3N4PS/c1-25(2)17-22-24(23(18-25)32-14-7-4-8-15-32)34(35,33(30-22)21-12-5-3-6-13-21)31-20-11-9-10-19(16-20)26(27,28)29/h3,5-6,9-13,16-17,30H,4,7-8,14-15,18H2,1-2H3,(H,31,35)/p+1/t34-/m0/s1. The summed E-state index contributed by atoms with van der Waals surface area (Å²) in [6.07, 6.45) is -0.485. The van der Waals surface area contributed by atoms with E-state index in [1.54, 1.807) is 6.07 Å². The van der Waals surface area contributed by atoms with E-state index in [9.17, 15) is 13.2 Å². The Morgan fingerprint density at radius 2 is 1.74 bits per heavy atom. The molecular formula is C26H31F3N4PS+. The van der Waals surface area contributed by atoms with Crippen molar-refractivity contribution in [1.29, 1.82) is 0 Å². The molecule has 2 aromatic carbocycles. The van der Waals surface area contributed by atoms with Gasteiger partial charge in [0.15, 0.2) is 6.34 Å². The van der Waals surface area contributed by atoms with Gasteiger partial charge in [0.1, 0.15) is 11.0 Å². The summed E-state index contributed by atoms with van der Waals surface area (Å²) >= 11 is 6.48. The highest BCUT2D eigenvalue weighted by molar-refractivity contribution is 8.18. The third-order valence-electron chi connectivity index (χ3n) is 6.87. The first kappa shape index (κ1) is 24.4. The minimum atomic E-state index is -4.42. The number of nitrogens with one attached hydrogen (secondary N) is 3. The second-order valence-electron chi connectivity index (χ2n) is 10.2. The summed E-state index contributed by atoms with van der Waals surface area (Å²) in [4.78, 5) is 1.46. The molecule has 0 radical (unpaired) electrons. The van der Waals surface area contributed by atoms with Crippen molar-refractivity contribution in [2.24, 2.45) is 5.41 Å². The molecule has 0 unspecified atom stereocenters. The molecule has 2 aromatic rings. The number of alkyl halides is 3. The first-order valence-corrected chi connectivity index (χ1v) is 14.8. The highest BCUT2D eigenvalue weighted by atomic mass is 32.4. The number of allylic oxidation sites excluding steroid dienone is 3. The lowest BCUT2D eigenvalue weighted by Crippen LogP contribution is -3.11. The van der Waals surface area contributed by atoms with Crippen LogP contribution in [0.5, 0.6) is 0 Å². The van der Waals surface area contributed by atoms with Crippen LogP contribution in [0.25, 0.3) is 0 Å². The van der Waals surface area contributed by atoms with Gasteiger partial charge in [-0.3, -0.25) is 5.43 Å². The topological polar surface area (TPSA) is 31.7 Å². The second-order valence-corrected chi connectivity index (χ2v) is 14.0. The molecule has 2 fully saturated rings. The van der Waals surface area contributed by atoms with E-state index in [4.69, 9.17) is 11.8 Å². The highest BCUT2D eigenvalue weighted by Crippen LogP contribution is 2.66. The Hall–Kier alpha value is -2.28. The quantitative estimate of drug-likeness (QED) is 0.430. The molecule has 3 aliphatic rings. The van der Waals surface area contributed by atoms with Gasteiger partial charge in [-0.25, -0.2) is 4.78 Å². The fourth-order valence-electron chi connectivity index (χ4n) is 5.34. The third kappa shape index (κ3) is 4.76. The van der Waals surface area contributed by atoms with Crippen LogP contribution < -0.4 is 20.2 Å². The maximum Gasteiger partial charge on any atom is 0.416 e. The lowest BCUT2D eigenvalue weighted by molar-refractivity contribution is -0.868. The molecule has 0 saturated carbocycles. The first-order valence-electron chi connectivity index (χ1n) is 12.1. The van der Waals surface area contributed by atoms with Gasteiger partial charge in [-0.15, -0.1) is 0 Å². The van der Waals surface area contributed by atoms with E-state index < -0.39 is 18.1 Å². The van der Waals surface area contributed by atoms with E-state index in [0.717, 1.165) is 42.3 Å². The van der Waals surface area contributed by atoms with Crippen molar-refractivity contribution < 1.29 is 18.1 Å². The van der Waals surface area contributed by atoms with Crippen molar-refractivity contribution in [2.45, 2.75) is 45.7 Å². The lowest BCUT2D eigenvalue weighted by atomic mass is 9.82. The predicted octanol–water partition coefficient (Wildman–Crippen LogP) is 6.05. The third-order valence-corrected chi connectivity index (χ3v) is 10.8. The molecule has 2 aliphatic heterocycles. The number of hydrazine groups is 1. The molecule has 0 aromatic heterocycles. The smallest absolute Gasteiger partial charge is 0.337 e. The number of halogens is 3. The summed E-state index contributed by atoms with van der Waals surface area (Å²) in [5.41, 5.74) is 6.42. The predicted molar refractivity (Wildman–Crippen MR) is 139 cm³/mol. The average Bonchev–Trinajstić information content (AvgIpc) is 3.10. The number of benzene rings is 2. The number of hydrogen-bond donors (Lipinski definition) is 3. The van der Waals surface area contributed by atoms with Crippen LogP contribution in [0.3, 0.4) is 0 Å². The molecule has 2 saturated heterocycles. The van der Waals surface area contributed by atoms with Crippen LogP contribution in [0.2, 0.25) is 0 Å². The molecule has 35 heavy (non-hydrogen) atoms. The number of nitrogens with zero attached hydrogens (tertiary/aromatic N) is 1. The Balaban J connectivity index is 1.67. The van der Waals surface area contributed by atoms with Crippen molar-refractivity contribution >= 4 is 29.5 Å².